The van der Waals surface area contributed by atoms with Crippen LogP contribution in [0.5, 0.6) is 11.5 Å². The fourth-order valence-electron chi connectivity index (χ4n) is 5.51. The van der Waals surface area contributed by atoms with Crippen LogP contribution in [0.2, 0.25) is 0 Å². The Morgan fingerprint density at radius 1 is 1.17 bits per heavy atom. The van der Waals surface area contributed by atoms with Crippen LogP contribution in [-0.2, 0) is 4.79 Å². The van der Waals surface area contributed by atoms with E-state index < -0.39 is 6.04 Å². The first-order valence-electron chi connectivity index (χ1n) is 13.9. The van der Waals surface area contributed by atoms with Crippen molar-refractivity contribution in [3.63, 3.8) is 0 Å². The lowest BCUT2D eigenvalue weighted by atomic mass is 9.93. The number of benzene rings is 1. The number of fused-ring (bicyclic) bond motifs is 1. The maximum absolute atomic E-state index is 14.1. The molecule has 2 aliphatic rings. The highest BCUT2D eigenvalue weighted by Gasteiger charge is 2.36. The predicted octanol–water partition coefficient (Wildman–Crippen LogP) is 4.47. The SMILES string of the molecule is CCN(CC)C(=O)C1=C(C)N=c2s/c(=C/c3cc(Br)c(N4CCCCC4)o3)c(=O)n2[C@@H]1c1cc(OC)ccc1OC. The predicted molar refractivity (Wildman–Crippen MR) is 164 cm³/mol. The second-order valence-corrected chi connectivity index (χ2v) is 11.9. The molecule has 0 spiro atoms. The summed E-state index contributed by atoms with van der Waals surface area (Å²) in [5.74, 6) is 2.34. The number of nitrogens with zero attached hydrogens (tertiary/aromatic N) is 4. The summed E-state index contributed by atoms with van der Waals surface area (Å²) in [6, 6.07) is 6.55. The molecule has 1 atom stereocenters. The Morgan fingerprint density at radius 2 is 1.90 bits per heavy atom. The van der Waals surface area contributed by atoms with Crippen LogP contribution in [0.3, 0.4) is 0 Å². The number of hydrogen-bond acceptors (Lipinski definition) is 8. The maximum atomic E-state index is 14.1. The fraction of sp³-hybridized carbons (Fsp3) is 0.433. The van der Waals surface area contributed by atoms with Gasteiger partial charge in [-0.25, -0.2) is 4.99 Å². The van der Waals surface area contributed by atoms with E-state index in [1.807, 2.05) is 32.9 Å². The van der Waals surface area contributed by atoms with E-state index in [2.05, 4.69) is 20.8 Å². The molecule has 2 aliphatic heterocycles. The lowest BCUT2D eigenvalue weighted by molar-refractivity contribution is -0.127. The summed E-state index contributed by atoms with van der Waals surface area (Å²) in [6.45, 7) is 8.65. The first kappa shape index (κ1) is 29.2. The van der Waals surface area contributed by atoms with Crippen LogP contribution in [0.1, 0.15) is 57.4 Å². The van der Waals surface area contributed by atoms with Crippen molar-refractivity contribution in [1.29, 1.82) is 0 Å². The van der Waals surface area contributed by atoms with Crippen LogP contribution in [0.4, 0.5) is 5.88 Å². The first-order valence-corrected chi connectivity index (χ1v) is 15.5. The zero-order valence-electron chi connectivity index (χ0n) is 24.0. The highest BCUT2D eigenvalue weighted by atomic mass is 79.9. The van der Waals surface area contributed by atoms with Crippen LogP contribution in [0, 0.1) is 0 Å². The molecule has 0 aliphatic carbocycles. The summed E-state index contributed by atoms with van der Waals surface area (Å²) in [5.41, 5.74) is 1.40. The van der Waals surface area contributed by atoms with E-state index in [0.29, 0.717) is 56.5 Å². The van der Waals surface area contributed by atoms with Crippen LogP contribution < -0.4 is 29.3 Å². The molecular weight excluding hydrogens is 608 g/mol. The van der Waals surface area contributed by atoms with Crippen molar-refractivity contribution >= 4 is 45.1 Å². The van der Waals surface area contributed by atoms with E-state index in [9.17, 15) is 9.59 Å². The molecule has 218 valence electrons. The van der Waals surface area contributed by atoms with E-state index in [-0.39, 0.29) is 11.5 Å². The fourth-order valence-corrected chi connectivity index (χ4v) is 7.10. The number of halogens is 1. The molecule has 1 fully saturated rings. The number of allylic oxidation sites excluding steroid dienone is 1. The summed E-state index contributed by atoms with van der Waals surface area (Å²) in [7, 11) is 3.16. The van der Waals surface area contributed by atoms with Gasteiger partial charge in [0.25, 0.3) is 11.5 Å². The third-order valence-electron chi connectivity index (χ3n) is 7.64. The van der Waals surface area contributed by atoms with E-state index in [1.165, 1.54) is 17.8 Å². The van der Waals surface area contributed by atoms with Gasteiger partial charge in [0.05, 0.1) is 34.5 Å². The normalized spacial score (nSPS) is 17.4. The Morgan fingerprint density at radius 3 is 2.56 bits per heavy atom. The van der Waals surface area contributed by atoms with Crippen LogP contribution >= 0.6 is 27.3 Å². The standard InChI is InChI=1S/C30H35BrN4O5S/c1-6-33(7-2)28(37)25-18(3)32-30-35(26(25)21-15-19(38-4)11-12-23(21)39-5)27(36)24(41-30)17-20-16-22(31)29(40-20)34-13-9-8-10-14-34/h11-12,15-17,26H,6-10,13-14H2,1-5H3/b24-17+/t26-/m1/s1. The number of carbonyl (C=O) groups is 1. The molecule has 1 amide bonds. The number of ether oxygens (including phenoxy) is 2. The van der Waals surface area contributed by atoms with E-state index in [0.717, 1.165) is 36.3 Å². The Hall–Kier alpha value is -3.31. The maximum Gasteiger partial charge on any atom is 0.271 e. The van der Waals surface area contributed by atoms with Gasteiger partial charge in [-0.2, -0.15) is 0 Å². The number of anilines is 1. The molecule has 2 aromatic heterocycles. The van der Waals surface area contributed by atoms with Gasteiger partial charge in [-0.05, 0) is 74.2 Å². The van der Waals surface area contributed by atoms with E-state index in [4.69, 9.17) is 18.9 Å². The minimum Gasteiger partial charge on any atom is -0.497 e. The third kappa shape index (κ3) is 5.49. The van der Waals surface area contributed by atoms with Gasteiger partial charge >= 0.3 is 0 Å². The molecule has 4 heterocycles. The molecule has 5 rings (SSSR count). The molecule has 0 unspecified atom stereocenters. The average molecular weight is 644 g/mol. The average Bonchev–Trinajstić information content (AvgIpc) is 3.50. The number of furan rings is 1. The van der Waals surface area contributed by atoms with Gasteiger partial charge in [0.1, 0.15) is 23.3 Å². The van der Waals surface area contributed by atoms with E-state index >= 15 is 0 Å². The minimum absolute atomic E-state index is 0.165. The van der Waals surface area contributed by atoms with Crippen molar-refractivity contribution in [3.05, 3.63) is 71.0 Å². The van der Waals surface area contributed by atoms with Gasteiger partial charge in [-0.3, -0.25) is 14.2 Å². The summed E-state index contributed by atoms with van der Waals surface area (Å²) in [6.07, 6.45) is 5.23. The molecule has 3 aromatic rings. The van der Waals surface area contributed by atoms with Crippen LogP contribution in [0.15, 0.2) is 54.2 Å². The van der Waals surface area contributed by atoms with Gasteiger partial charge in [-0.15, -0.1) is 0 Å². The van der Waals surface area contributed by atoms with Crippen molar-refractivity contribution < 1.29 is 18.7 Å². The van der Waals surface area contributed by atoms with Crippen molar-refractivity contribution in [2.45, 2.75) is 46.1 Å². The number of aromatic nitrogens is 1. The summed E-state index contributed by atoms with van der Waals surface area (Å²) >= 11 is 4.92. The minimum atomic E-state index is -0.751. The van der Waals surface area contributed by atoms with Crippen molar-refractivity contribution in [1.82, 2.24) is 9.47 Å². The zero-order valence-corrected chi connectivity index (χ0v) is 26.4. The van der Waals surface area contributed by atoms with Gasteiger partial charge in [-0.1, -0.05) is 11.3 Å². The smallest absolute Gasteiger partial charge is 0.271 e. The lowest BCUT2D eigenvalue weighted by Crippen LogP contribution is -2.43. The molecule has 1 saturated heterocycles. The second-order valence-electron chi connectivity index (χ2n) is 10.0. The molecular formula is C30H35BrN4O5S. The molecule has 0 saturated carbocycles. The van der Waals surface area contributed by atoms with Crippen molar-refractivity contribution in [2.24, 2.45) is 4.99 Å². The first-order chi connectivity index (χ1) is 19.8. The number of methoxy groups -OCH3 is 2. The van der Waals surface area contributed by atoms with Gasteiger partial charge in [0.2, 0.25) is 5.88 Å². The molecule has 0 radical (unpaired) electrons. The number of amides is 1. The monoisotopic (exact) mass is 642 g/mol. The van der Waals surface area contributed by atoms with Gasteiger partial charge in [0, 0.05) is 43.9 Å². The Balaban J connectivity index is 1.69. The highest BCUT2D eigenvalue weighted by molar-refractivity contribution is 9.10. The van der Waals surface area contributed by atoms with Crippen LogP contribution in [-0.4, -0.2) is 55.8 Å². The van der Waals surface area contributed by atoms with Crippen molar-refractivity contribution in [3.8, 4) is 11.5 Å². The molecule has 0 bridgehead atoms. The lowest BCUT2D eigenvalue weighted by Gasteiger charge is -2.30. The third-order valence-corrected chi connectivity index (χ3v) is 9.19. The summed E-state index contributed by atoms with van der Waals surface area (Å²) in [4.78, 5) is 37.3. The Kier molecular flexibility index (Phi) is 8.74. The van der Waals surface area contributed by atoms with Crippen molar-refractivity contribution in [2.75, 3.05) is 45.3 Å². The van der Waals surface area contributed by atoms with Gasteiger partial charge in [0.15, 0.2) is 4.80 Å². The molecule has 0 N–H and O–H groups in total. The number of thiazole rings is 1. The molecule has 11 heteroatoms. The largest absolute Gasteiger partial charge is 0.497 e. The number of piperidine rings is 1. The Bertz CT molecular complexity index is 1660. The second kappa shape index (κ2) is 12.3. The molecule has 1 aromatic carbocycles. The number of rotatable bonds is 8. The molecule has 9 nitrogen and oxygen atoms in total. The number of carbonyl (C=O) groups excluding carboxylic acids is 1. The number of hydrogen-bond donors (Lipinski definition) is 0. The summed E-state index contributed by atoms with van der Waals surface area (Å²) in [5, 5.41) is 0. The topological polar surface area (TPSA) is 89.5 Å². The number of likely N-dealkylation sites (N-methyl/N-ethyl adjacent to an activating group) is 1. The van der Waals surface area contributed by atoms with E-state index in [1.54, 1.807) is 41.9 Å². The Labute approximate surface area is 251 Å². The zero-order chi connectivity index (χ0) is 29.3. The summed E-state index contributed by atoms with van der Waals surface area (Å²) < 4.78 is 20.4. The highest BCUT2D eigenvalue weighted by Crippen LogP contribution is 2.38. The van der Waals surface area contributed by atoms with Gasteiger partial charge < -0.3 is 23.7 Å². The molecule has 41 heavy (non-hydrogen) atoms. The quantitative estimate of drug-likeness (QED) is 0.360. The van der Waals surface area contributed by atoms with Crippen LogP contribution in [0.25, 0.3) is 6.08 Å².